The van der Waals surface area contributed by atoms with E-state index in [2.05, 4.69) is 228 Å². The second-order valence-electron chi connectivity index (χ2n) is 15.9. The van der Waals surface area contributed by atoms with Crippen molar-refractivity contribution in [3.63, 3.8) is 0 Å². The molecule has 0 amide bonds. The first-order valence-corrected chi connectivity index (χ1v) is 21.7. The summed E-state index contributed by atoms with van der Waals surface area (Å²) in [7, 11) is 0. The maximum atomic E-state index is 2.53. The first-order chi connectivity index (χ1) is 29.8. The van der Waals surface area contributed by atoms with Crippen molar-refractivity contribution in [3.05, 3.63) is 246 Å². The highest BCUT2D eigenvalue weighted by Gasteiger charge is 2.54. The first-order valence-electron chi connectivity index (χ1n) is 20.9. The predicted molar refractivity (Wildman–Crippen MR) is 253 cm³/mol. The lowest BCUT2D eigenvalue weighted by Gasteiger charge is -2.34. The largest absolute Gasteiger partial charge is 0.314 e. The van der Waals surface area contributed by atoms with Gasteiger partial charge in [-0.15, -0.1) is 11.3 Å². The van der Waals surface area contributed by atoms with Gasteiger partial charge in [0.1, 0.15) is 0 Å². The zero-order valence-electron chi connectivity index (χ0n) is 33.0. The smallest absolute Gasteiger partial charge is 0.0741 e. The van der Waals surface area contributed by atoms with E-state index >= 15 is 0 Å². The molecule has 8 aromatic carbocycles. The molecule has 3 aliphatic rings. The molecular weight excluding hydrogens is 745 g/mol. The number of hydrogen-bond donors (Lipinski definition) is 0. The van der Waals surface area contributed by atoms with Crippen LogP contribution in [0.3, 0.4) is 0 Å². The average Bonchev–Trinajstić information content (AvgIpc) is 3.94. The molecule has 12 rings (SSSR count). The van der Waals surface area contributed by atoms with Gasteiger partial charge >= 0.3 is 0 Å². The van der Waals surface area contributed by atoms with E-state index in [1.54, 1.807) is 0 Å². The predicted octanol–water partition coefficient (Wildman–Crippen LogP) is 15.8. The summed E-state index contributed by atoms with van der Waals surface area (Å²) in [5, 5.41) is 1.33. The number of thiophene rings is 1. The molecule has 1 heterocycles. The Labute approximate surface area is 355 Å². The number of hydrogen-bond acceptors (Lipinski definition) is 3. The van der Waals surface area contributed by atoms with Crippen LogP contribution in [0.25, 0.3) is 42.8 Å². The summed E-state index contributed by atoms with van der Waals surface area (Å²) >= 11 is 1.95. The van der Waals surface area contributed by atoms with Crippen molar-refractivity contribution < 1.29 is 0 Å². The van der Waals surface area contributed by atoms with Gasteiger partial charge in [-0.1, -0.05) is 152 Å². The molecule has 284 valence electrons. The fourth-order valence-electron chi connectivity index (χ4n) is 10.2. The van der Waals surface area contributed by atoms with E-state index in [1.165, 1.54) is 82.1 Å². The monoisotopic (exact) mass is 784 g/mol. The van der Waals surface area contributed by atoms with Gasteiger partial charge < -0.3 is 9.80 Å². The average molecular weight is 785 g/mol. The van der Waals surface area contributed by atoms with Gasteiger partial charge in [-0.25, -0.2) is 0 Å². The van der Waals surface area contributed by atoms with E-state index in [9.17, 15) is 0 Å². The number of para-hydroxylation sites is 2. The van der Waals surface area contributed by atoms with Crippen LogP contribution in [0.15, 0.2) is 224 Å². The van der Waals surface area contributed by atoms with Gasteiger partial charge in [-0.2, -0.15) is 0 Å². The van der Waals surface area contributed by atoms with Crippen molar-refractivity contribution in [2.75, 3.05) is 9.80 Å². The molecule has 1 unspecified atom stereocenters. The molecule has 3 heteroatoms. The standard InChI is InChI=1S/C57H40N2S/c1-5-18-39(19-6-1)40-32-34-44(35-33-40)58(41-20-7-2-8-21-41)45-36-37-47-46-26-13-15-28-49(46)57(51(47)38-45)50-29-17-30-52(54(50)56-55(57)48-27-14-16-31-53(48)60-56)59(42-22-9-3-10-23-42)43-24-11-4-12-25-43/h1-11,13-24,26-38H,12,25H2. The van der Waals surface area contributed by atoms with Crippen molar-refractivity contribution in [1.29, 1.82) is 0 Å². The third kappa shape index (κ3) is 5.19. The van der Waals surface area contributed by atoms with Crippen molar-refractivity contribution >= 4 is 49.9 Å². The third-order valence-electron chi connectivity index (χ3n) is 12.7. The van der Waals surface area contributed by atoms with E-state index in [-0.39, 0.29) is 0 Å². The minimum Gasteiger partial charge on any atom is -0.314 e. The highest BCUT2D eigenvalue weighted by Crippen LogP contribution is 2.68. The van der Waals surface area contributed by atoms with Crippen LogP contribution in [0.4, 0.5) is 28.4 Å². The van der Waals surface area contributed by atoms with Gasteiger partial charge in [0, 0.05) is 43.6 Å². The fourth-order valence-corrected chi connectivity index (χ4v) is 11.6. The molecule has 0 saturated carbocycles. The first kappa shape index (κ1) is 34.8. The molecule has 0 saturated heterocycles. The normalized spacial score (nSPS) is 15.6. The summed E-state index contributed by atoms with van der Waals surface area (Å²) in [4.78, 5) is 6.31. The maximum absolute atomic E-state index is 2.53. The molecule has 3 aliphatic carbocycles. The lowest BCUT2D eigenvalue weighted by atomic mass is 9.70. The van der Waals surface area contributed by atoms with E-state index in [1.807, 2.05) is 11.3 Å². The molecule has 1 aromatic heterocycles. The summed E-state index contributed by atoms with van der Waals surface area (Å²) in [5.41, 5.74) is 18.3. The van der Waals surface area contributed by atoms with Crippen LogP contribution in [0.5, 0.6) is 0 Å². The Morgan fingerprint density at radius 3 is 1.85 bits per heavy atom. The van der Waals surface area contributed by atoms with Crippen molar-refractivity contribution in [3.8, 4) is 32.7 Å². The number of fused-ring (bicyclic) bond motifs is 12. The van der Waals surface area contributed by atoms with Crippen LogP contribution >= 0.6 is 11.3 Å². The van der Waals surface area contributed by atoms with Gasteiger partial charge in [-0.3, -0.25) is 0 Å². The molecule has 0 bridgehead atoms. The Bertz CT molecular complexity index is 3140. The quantitative estimate of drug-likeness (QED) is 0.159. The van der Waals surface area contributed by atoms with Crippen LogP contribution in [0, 0.1) is 0 Å². The molecule has 0 radical (unpaired) electrons. The minimum atomic E-state index is -0.537. The van der Waals surface area contributed by atoms with Crippen LogP contribution < -0.4 is 9.80 Å². The van der Waals surface area contributed by atoms with E-state index in [0.717, 1.165) is 29.9 Å². The van der Waals surface area contributed by atoms with Crippen LogP contribution in [0.2, 0.25) is 0 Å². The number of rotatable bonds is 7. The van der Waals surface area contributed by atoms with Gasteiger partial charge in [-0.05, 0) is 129 Å². The van der Waals surface area contributed by atoms with Gasteiger partial charge in [0.15, 0.2) is 0 Å². The van der Waals surface area contributed by atoms with Crippen molar-refractivity contribution in [2.24, 2.45) is 0 Å². The Kier molecular flexibility index (Phi) is 8.11. The highest BCUT2D eigenvalue weighted by molar-refractivity contribution is 7.22. The molecule has 0 N–H and O–H groups in total. The summed E-state index contributed by atoms with van der Waals surface area (Å²) in [6, 6.07) is 74.0. The van der Waals surface area contributed by atoms with Gasteiger partial charge in [0.2, 0.25) is 0 Å². The number of anilines is 5. The maximum Gasteiger partial charge on any atom is 0.0741 e. The lowest BCUT2D eigenvalue weighted by molar-refractivity contribution is 0.802. The molecule has 1 spiro atoms. The van der Waals surface area contributed by atoms with Crippen LogP contribution in [-0.2, 0) is 5.41 Å². The molecule has 1 atom stereocenters. The zero-order chi connectivity index (χ0) is 39.6. The lowest BCUT2D eigenvalue weighted by Crippen LogP contribution is -2.26. The summed E-state index contributed by atoms with van der Waals surface area (Å²) < 4.78 is 1.32. The topological polar surface area (TPSA) is 6.48 Å². The Balaban J connectivity index is 1.13. The second kappa shape index (κ2) is 14.0. The van der Waals surface area contributed by atoms with Crippen LogP contribution in [0.1, 0.15) is 35.1 Å². The molecule has 60 heavy (non-hydrogen) atoms. The third-order valence-corrected chi connectivity index (χ3v) is 13.9. The van der Waals surface area contributed by atoms with E-state index < -0.39 is 5.41 Å². The fraction of sp³-hybridized carbons (Fsp3) is 0.0526. The van der Waals surface area contributed by atoms with Crippen molar-refractivity contribution in [2.45, 2.75) is 18.3 Å². The van der Waals surface area contributed by atoms with E-state index in [0.29, 0.717) is 0 Å². The van der Waals surface area contributed by atoms with Crippen molar-refractivity contribution in [1.82, 2.24) is 0 Å². The number of allylic oxidation sites excluding steroid dienone is 4. The Hall–Kier alpha value is -7.20. The molecule has 2 nitrogen and oxygen atoms in total. The second-order valence-corrected chi connectivity index (χ2v) is 17.0. The number of nitrogens with zero attached hydrogens (tertiary/aromatic N) is 2. The zero-order valence-corrected chi connectivity index (χ0v) is 33.8. The highest BCUT2D eigenvalue weighted by atomic mass is 32.1. The van der Waals surface area contributed by atoms with Crippen LogP contribution in [-0.4, -0.2) is 0 Å². The molecule has 0 fully saturated rings. The Morgan fingerprint density at radius 2 is 1.08 bits per heavy atom. The Morgan fingerprint density at radius 1 is 0.467 bits per heavy atom. The van der Waals surface area contributed by atoms with E-state index in [4.69, 9.17) is 0 Å². The summed E-state index contributed by atoms with van der Waals surface area (Å²) in [5.74, 6) is 0. The number of benzene rings is 8. The molecular formula is C57H40N2S. The van der Waals surface area contributed by atoms with Gasteiger partial charge in [0.25, 0.3) is 0 Å². The summed E-state index contributed by atoms with van der Waals surface area (Å²) in [6.45, 7) is 0. The molecule has 0 aliphatic heterocycles. The minimum absolute atomic E-state index is 0.537. The SMILES string of the molecule is C1=CCCC(N(c2ccccc2)c2cccc3c2-c2sc4ccccc4c2C32c3ccccc3-c3ccc(N(c4ccccc4)c4ccc(-c5ccccc5)cc4)cc32)=C1. The summed E-state index contributed by atoms with van der Waals surface area (Å²) in [6.07, 6.45) is 8.82. The van der Waals surface area contributed by atoms with Gasteiger partial charge in [0.05, 0.1) is 11.1 Å². The molecule has 9 aromatic rings.